The summed E-state index contributed by atoms with van der Waals surface area (Å²) in [5, 5.41) is 9.29. The van der Waals surface area contributed by atoms with Crippen molar-refractivity contribution in [2.45, 2.75) is 12.1 Å². The van der Waals surface area contributed by atoms with Crippen LogP contribution in [0.1, 0.15) is 17.2 Å². The minimum absolute atomic E-state index is 0.0182. The van der Waals surface area contributed by atoms with Gasteiger partial charge in [-0.25, -0.2) is 4.98 Å². The summed E-state index contributed by atoms with van der Waals surface area (Å²) in [6.07, 6.45) is 1.74. The second-order valence-corrected chi connectivity index (χ2v) is 6.11. The highest BCUT2D eigenvalue weighted by molar-refractivity contribution is 5.53. The van der Waals surface area contributed by atoms with Crippen molar-refractivity contribution in [1.29, 1.82) is 5.26 Å². The predicted molar refractivity (Wildman–Crippen MR) is 93.8 cm³/mol. The fraction of sp³-hybridized carbons (Fsp3) is 0.368. The molecule has 0 N–H and O–H groups in total. The van der Waals surface area contributed by atoms with Gasteiger partial charge in [-0.05, 0) is 24.7 Å². The monoisotopic (exact) mass is 322 g/mol. The summed E-state index contributed by atoms with van der Waals surface area (Å²) in [6, 6.07) is 16.4. The molecule has 0 amide bonds. The van der Waals surface area contributed by atoms with Gasteiger partial charge in [0.2, 0.25) is 0 Å². The summed E-state index contributed by atoms with van der Waals surface area (Å²) < 4.78 is 6.09. The second kappa shape index (κ2) is 7.43. The van der Waals surface area contributed by atoms with Crippen molar-refractivity contribution in [2.24, 2.45) is 0 Å². The Morgan fingerprint density at radius 1 is 1.29 bits per heavy atom. The van der Waals surface area contributed by atoms with E-state index >= 15 is 0 Å². The van der Waals surface area contributed by atoms with E-state index in [9.17, 15) is 5.26 Å². The standard InChI is InChI=1S/C19H22N4O/c1-22-11-12-24-17(18(22)15-7-4-3-5-8-15)14-23(2)19-16(13-20)9-6-10-21-19/h3-10,17-18H,11-12,14H2,1-2H3/t17-,18-/m0/s1. The van der Waals surface area contributed by atoms with Gasteiger partial charge in [-0.1, -0.05) is 30.3 Å². The highest BCUT2D eigenvalue weighted by Crippen LogP contribution is 2.29. The molecule has 0 saturated carbocycles. The fourth-order valence-corrected chi connectivity index (χ4v) is 3.28. The smallest absolute Gasteiger partial charge is 0.146 e. The minimum atomic E-state index is 0.0182. The molecule has 0 aliphatic carbocycles. The van der Waals surface area contributed by atoms with E-state index in [0.29, 0.717) is 24.5 Å². The summed E-state index contributed by atoms with van der Waals surface area (Å²) >= 11 is 0. The first-order chi connectivity index (χ1) is 11.7. The van der Waals surface area contributed by atoms with Crippen molar-refractivity contribution in [1.82, 2.24) is 9.88 Å². The number of ether oxygens (including phenoxy) is 1. The molecule has 124 valence electrons. The van der Waals surface area contributed by atoms with Crippen LogP contribution >= 0.6 is 0 Å². The highest BCUT2D eigenvalue weighted by atomic mass is 16.5. The largest absolute Gasteiger partial charge is 0.373 e. The van der Waals surface area contributed by atoms with Gasteiger partial charge < -0.3 is 9.64 Å². The third-order valence-corrected chi connectivity index (χ3v) is 4.47. The molecular weight excluding hydrogens is 300 g/mol. The van der Waals surface area contributed by atoms with E-state index in [2.05, 4.69) is 47.3 Å². The summed E-state index contributed by atoms with van der Waals surface area (Å²) in [6.45, 7) is 2.30. The van der Waals surface area contributed by atoms with Crippen molar-refractivity contribution < 1.29 is 4.74 Å². The number of hydrogen-bond donors (Lipinski definition) is 0. The Bertz CT molecular complexity index is 713. The van der Waals surface area contributed by atoms with E-state index in [4.69, 9.17) is 4.74 Å². The van der Waals surface area contributed by atoms with Crippen LogP contribution in [0.3, 0.4) is 0 Å². The molecular formula is C19H22N4O. The zero-order valence-corrected chi connectivity index (χ0v) is 14.1. The number of anilines is 1. The molecule has 0 radical (unpaired) electrons. The maximum Gasteiger partial charge on any atom is 0.146 e. The van der Waals surface area contributed by atoms with Crippen LogP contribution in [-0.2, 0) is 4.74 Å². The fourth-order valence-electron chi connectivity index (χ4n) is 3.28. The molecule has 1 saturated heterocycles. The Balaban J connectivity index is 1.83. The molecule has 1 aliphatic rings. The molecule has 1 fully saturated rings. The van der Waals surface area contributed by atoms with E-state index in [0.717, 1.165) is 6.54 Å². The normalized spacial score (nSPS) is 21.2. The lowest BCUT2D eigenvalue weighted by atomic mass is 9.98. The van der Waals surface area contributed by atoms with Gasteiger partial charge in [0.05, 0.1) is 24.3 Å². The number of pyridine rings is 1. The van der Waals surface area contributed by atoms with Crippen LogP contribution in [0.25, 0.3) is 0 Å². The van der Waals surface area contributed by atoms with Gasteiger partial charge in [-0.3, -0.25) is 4.90 Å². The van der Waals surface area contributed by atoms with Gasteiger partial charge >= 0.3 is 0 Å². The van der Waals surface area contributed by atoms with Crippen LogP contribution in [0.5, 0.6) is 0 Å². The predicted octanol–water partition coefficient (Wildman–Crippen LogP) is 2.46. The number of hydrogen-bond acceptors (Lipinski definition) is 5. The van der Waals surface area contributed by atoms with Gasteiger partial charge in [0.25, 0.3) is 0 Å². The average Bonchev–Trinajstić information content (AvgIpc) is 2.62. The lowest BCUT2D eigenvalue weighted by molar-refractivity contribution is -0.0580. The van der Waals surface area contributed by atoms with Gasteiger partial charge in [-0.2, -0.15) is 5.26 Å². The SMILES string of the molecule is CN(C[C@@H]1OCCN(C)[C@H]1c1ccccc1)c1ncccc1C#N. The molecule has 2 atom stereocenters. The Labute approximate surface area is 143 Å². The summed E-state index contributed by atoms with van der Waals surface area (Å²) in [5.41, 5.74) is 1.83. The first-order valence-electron chi connectivity index (χ1n) is 8.13. The summed E-state index contributed by atoms with van der Waals surface area (Å²) in [7, 11) is 4.10. The second-order valence-electron chi connectivity index (χ2n) is 6.11. The van der Waals surface area contributed by atoms with Crippen molar-refractivity contribution in [3.8, 4) is 6.07 Å². The molecule has 0 unspecified atom stereocenters. The maximum atomic E-state index is 9.29. The number of nitriles is 1. The van der Waals surface area contributed by atoms with Crippen LogP contribution in [0.2, 0.25) is 0 Å². The van der Waals surface area contributed by atoms with Crippen molar-refractivity contribution in [3.63, 3.8) is 0 Å². The molecule has 1 aromatic heterocycles. The Hall–Kier alpha value is -2.42. The lowest BCUT2D eigenvalue weighted by Crippen LogP contribution is -2.48. The van der Waals surface area contributed by atoms with Gasteiger partial charge in [0.1, 0.15) is 11.9 Å². The number of aromatic nitrogens is 1. The summed E-state index contributed by atoms with van der Waals surface area (Å²) in [5.74, 6) is 0.698. The Morgan fingerprint density at radius 3 is 2.83 bits per heavy atom. The molecule has 5 heteroatoms. The van der Waals surface area contributed by atoms with Crippen LogP contribution in [0.4, 0.5) is 5.82 Å². The molecule has 2 heterocycles. The number of benzene rings is 1. The van der Waals surface area contributed by atoms with Crippen molar-refractivity contribution >= 4 is 5.82 Å². The van der Waals surface area contributed by atoms with E-state index in [-0.39, 0.29) is 12.1 Å². The van der Waals surface area contributed by atoms with Gasteiger partial charge in [0, 0.05) is 26.3 Å². The topological polar surface area (TPSA) is 52.4 Å². The molecule has 2 aromatic rings. The molecule has 0 spiro atoms. The van der Waals surface area contributed by atoms with Gasteiger partial charge in [0.15, 0.2) is 0 Å². The third kappa shape index (κ3) is 3.40. The average molecular weight is 322 g/mol. The number of morpholine rings is 1. The van der Waals surface area contributed by atoms with E-state index in [1.165, 1.54) is 5.56 Å². The van der Waals surface area contributed by atoms with E-state index in [1.807, 2.05) is 18.0 Å². The third-order valence-electron chi connectivity index (χ3n) is 4.47. The maximum absolute atomic E-state index is 9.29. The van der Waals surface area contributed by atoms with Crippen LogP contribution in [0, 0.1) is 11.3 Å². The number of rotatable bonds is 4. The zero-order chi connectivity index (χ0) is 16.9. The quantitative estimate of drug-likeness (QED) is 0.865. The van der Waals surface area contributed by atoms with Gasteiger partial charge in [-0.15, -0.1) is 0 Å². The summed E-state index contributed by atoms with van der Waals surface area (Å²) in [4.78, 5) is 8.71. The van der Waals surface area contributed by atoms with Crippen molar-refractivity contribution in [2.75, 3.05) is 38.7 Å². The van der Waals surface area contributed by atoms with Crippen LogP contribution in [0.15, 0.2) is 48.7 Å². The molecule has 0 bridgehead atoms. The zero-order valence-electron chi connectivity index (χ0n) is 14.1. The number of likely N-dealkylation sites (N-methyl/N-ethyl adjacent to an activating group) is 2. The van der Waals surface area contributed by atoms with Crippen LogP contribution < -0.4 is 4.90 Å². The molecule has 1 aliphatic heterocycles. The first-order valence-corrected chi connectivity index (χ1v) is 8.13. The molecule has 1 aromatic carbocycles. The number of nitrogens with zero attached hydrogens (tertiary/aromatic N) is 4. The Morgan fingerprint density at radius 2 is 2.08 bits per heavy atom. The van der Waals surface area contributed by atoms with E-state index < -0.39 is 0 Å². The lowest BCUT2D eigenvalue weighted by Gasteiger charge is -2.41. The molecule has 3 rings (SSSR count). The highest BCUT2D eigenvalue weighted by Gasteiger charge is 2.32. The first kappa shape index (κ1) is 16.4. The van der Waals surface area contributed by atoms with Crippen LogP contribution in [-0.4, -0.2) is 49.8 Å². The van der Waals surface area contributed by atoms with Crippen molar-refractivity contribution in [3.05, 3.63) is 59.8 Å². The van der Waals surface area contributed by atoms with E-state index in [1.54, 1.807) is 18.3 Å². The Kier molecular flexibility index (Phi) is 5.09. The molecule has 24 heavy (non-hydrogen) atoms. The molecule has 5 nitrogen and oxygen atoms in total. The minimum Gasteiger partial charge on any atom is -0.373 e.